The van der Waals surface area contributed by atoms with Crippen LogP contribution in [-0.2, 0) is 0 Å². The van der Waals surface area contributed by atoms with Crippen molar-refractivity contribution >= 4 is 5.84 Å². The SMILES string of the molecule is CCCOc1ccc(Oc2ccnc(C(=N)N)c2)cc1. The van der Waals surface area contributed by atoms with Crippen molar-refractivity contribution in [2.75, 3.05) is 6.61 Å². The third-order valence-electron chi connectivity index (χ3n) is 2.54. The lowest BCUT2D eigenvalue weighted by atomic mass is 10.3. The summed E-state index contributed by atoms with van der Waals surface area (Å²) in [5.41, 5.74) is 5.78. The maximum absolute atomic E-state index is 7.35. The predicted octanol–water partition coefficient (Wildman–Crippen LogP) is 2.95. The van der Waals surface area contributed by atoms with Crippen LogP contribution < -0.4 is 15.2 Å². The van der Waals surface area contributed by atoms with Crippen molar-refractivity contribution in [2.24, 2.45) is 5.73 Å². The summed E-state index contributed by atoms with van der Waals surface area (Å²) in [5, 5.41) is 7.35. The van der Waals surface area contributed by atoms with Gasteiger partial charge in [0, 0.05) is 12.3 Å². The molecule has 0 spiro atoms. The zero-order valence-corrected chi connectivity index (χ0v) is 11.3. The lowest BCUT2D eigenvalue weighted by Crippen LogP contribution is -2.12. The molecule has 0 bridgehead atoms. The Balaban J connectivity index is 2.06. The molecule has 0 aliphatic rings. The van der Waals surface area contributed by atoms with Gasteiger partial charge in [0.2, 0.25) is 0 Å². The molecule has 1 heterocycles. The van der Waals surface area contributed by atoms with Gasteiger partial charge in [-0.1, -0.05) is 6.92 Å². The summed E-state index contributed by atoms with van der Waals surface area (Å²) in [6.07, 6.45) is 2.54. The average molecular weight is 271 g/mol. The Labute approximate surface area is 117 Å². The van der Waals surface area contributed by atoms with Crippen LogP contribution in [0, 0.1) is 5.41 Å². The predicted molar refractivity (Wildman–Crippen MR) is 77.6 cm³/mol. The second kappa shape index (κ2) is 6.56. The number of nitrogen functional groups attached to an aromatic ring is 1. The topological polar surface area (TPSA) is 81.2 Å². The first kappa shape index (κ1) is 13.9. The first-order chi connectivity index (χ1) is 9.69. The summed E-state index contributed by atoms with van der Waals surface area (Å²) < 4.78 is 11.2. The fourth-order valence-electron chi connectivity index (χ4n) is 1.58. The summed E-state index contributed by atoms with van der Waals surface area (Å²) in [5.74, 6) is 2.01. The molecule has 0 atom stereocenters. The summed E-state index contributed by atoms with van der Waals surface area (Å²) >= 11 is 0. The maximum Gasteiger partial charge on any atom is 0.141 e. The third-order valence-corrected chi connectivity index (χ3v) is 2.54. The molecular formula is C15H17N3O2. The molecule has 20 heavy (non-hydrogen) atoms. The molecule has 0 fully saturated rings. The van der Waals surface area contributed by atoms with Crippen LogP contribution in [0.25, 0.3) is 0 Å². The molecule has 5 nitrogen and oxygen atoms in total. The molecular weight excluding hydrogens is 254 g/mol. The van der Waals surface area contributed by atoms with Gasteiger partial charge in [0.15, 0.2) is 0 Å². The van der Waals surface area contributed by atoms with Gasteiger partial charge in [0.25, 0.3) is 0 Å². The molecule has 0 amide bonds. The van der Waals surface area contributed by atoms with E-state index >= 15 is 0 Å². The molecule has 104 valence electrons. The molecule has 1 aromatic carbocycles. The van der Waals surface area contributed by atoms with E-state index in [0.717, 1.165) is 12.2 Å². The van der Waals surface area contributed by atoms with Crippen molar-refractivity contribution in [1.82, 2.24) is 4.98 Å². The second-order valence-corrected chi connectivity index (χ2v) is 4.21. The van der Waals surface area contributed by atoms with Gasteiger partial charge in [-0.15, -0.1) is 0 Å². The van der Waals surface area contributed by atoms with Crippen LogP contribution in [0.5, 0.6) is 17.2 Å². The number of nitrogens with two attached hydrogens (primary N) is 1. The van der Waals surface area contributed by atoms with E-state index in [-0.39, 0.29) is 5.84 Å². The summed E-state index contributed by atoms with van der Waals surface area (Å²) in [6, 6.07) is 10.7. The smallest absolute Gasteiger partial charge is 0.141 e. The van der Waals surface area contributed by atoms with E-state index in [1.54, 1.807) is 18.3 Å². The van der Waals surface area contributed by atoms with Crippen molar-refractivity contribution in [3.05, 3.63) is 48.3 Å². The minimum absolute atomic E-state index is 0.0845. The van der Waals surface area contributed by atoms with Gasteiger partial charge in [0.05, 0.1) is 6.61 Å². The molecule has 2 aromatic rings. The lowest BCUT2D eigenvalue weighted by Gasteiger charge is -2.08. The van der Waals surface area contributed by atoms with E-state index in [4.69, 9.17) is 20.6 Å². The van der Waals surface area contributed by atoms with Crippen LogP contribution in [0.1, 0.15) is 19.0 Å². The van der Waals surface area contributed by atoms with Crippen molar-refractivity contribution < 1.29 is 9.47 Å². The van der Waals surface area contributed by atoms with Crippen LogP contribution in [-0.4, -0.2) is 17.4 Å². The van der Waals surface area contributed by atoms with Gasteiger partial charge >= 0.3 is 0 Å². The minimum Gasteiger partial charge on any atom is -0.494 e. The highest BCUT2D eigenvalue weighted by Gasteiger charge is 2.02. The van der Waals surface area contributed by atoms with Crippen LogP contribution in [0.2, 0.25) is 0 Å². The number of nitrogens with one attached hydrogen (secondary N) is 1. The number of ether oxygens (including phenoxy) is 2. The first-order valence-corrected chi connectivity index (χ1v) is 6.40. The number of hydrogen-bond acceptors (Lipinski definition) is 4. The number of hydrogen-bond donors (Lipinski definition) is 2. The average Bonchev–Trinajstić information content (AvgIpc) is 2.47. The molecule has 0 radical (unpaired) electrons. The Hall–Kier alpha value is -2.56. The second-order valence-electron chi connectivity index (χ2n) is 4.21. The normalized spacial score (nSPS) is 10.1. The number of aromatic nitrogens is 1. The monoisotopic (exact) mass is 271 g/mol. The largest absolute Gasteiger partial charge is 0.494 e. The van der Waals surface area contributed by atoms with Crippen molar-refractivity contribution in [3.63, 3.8) is 0 Å². The van der Waals surface area contributed by atoms with Crippen molar-refractivity contribution in [3.8, 4) is 17.2 Å². The van der Waals surface area contributed by atoms with Gasteiger partial charge in [-0.25, -0.2) is 0 Å². The Morgan fingerprint density at radius 3 is 2.50 bits per heavy atom. The molecule has 2 rings (SSSR count). The molecule has 0 aliphatic heterocycles. The summed E-state index contributed by atoms with van der Waals surface area (Å²) in [6.45, 7) is 2.76. The Morgan fingerprint density at radius 1 is 1.15 bits per heavy atom. The lowest BCUT2D eigenvalue weighted by molar-refractivity contribution is 0.317. The number of rotatable bonds is 6. The quantitative estimate of drug-likeness (QED) is 0.625. The molecule has 1 aromatic heterocycles. The van der Waals surface area contributed by atoms with E-state index in [0.29, 0.717) is 23.8 Å². The highest BCUT2D eigenvalue weighted by atomic mass is 16.5. The molecule has 5 heteroatoms. The number of nitrogens with zero attached hydrogens (tertiary/aromatic N) is 1. The first-order valence-electron chi connectivity index (χ1n) is 6.40. The molecule has 0 aliphatic carbocycles. The third kappa shape index (κ3) is 3.71. The van der Waals surface area contributed by atoms with Crippen LogP contribution >= 0.6 is 0 Å². The standard InChI is InChI=1S/C15H17N3O2/c1-2-9-19-11-3-5-12(6-4-11)20-13-7-8-18-14(10-13)15(16)17/h3-8,10H,2,9H2,1H3,(H3,16,17). The van der Waals surface area contributed by atoms with Gasteiger partial charge < -0.3 is 15.2 Å². The number of benzene rings is 1. The highest BCUT2D eigenvalue weighted by molar-refractivity contribution is 5.93. The summed E-state index contributed by atoms with van der Waals surface area (Å²) in [7, 11) is 0. The fourth-order valence-corrected chi connectivity index (χ4v) is 1.58. The van der Waals surface area contributed by atoms with E-state index < -0.39 is 0 Å². The van der Waals surface area contributed by atoms with Gasteiger partial charge in [-0.2, -0.15) is 0 Å². The van der Waals surface area contributed by atoms with E-state index in [9.17, 15) is 0 Å². The van der Waals surface area contributed by atoms with Crippen LogP contribution in [0.4, 0.5) is 0 Å². The molecule has 3 N–H and O–H groups in total. The molecule has 0 unspecified atom stereocenters. The van der Waals surface area contributed by atoms with E-state index in [1.165, 1.54) is 0 Å². The van der Waals surface area contributed by atoms with Crippen molar-refractivity contribution in [1.29, 1.82) is 5.41 Å². The molecule has 0 saturated heterocycles. The number of pyridine rings is 1. The van der Waals surface area contributed by atoms with Gasteiger partial charge in [0.1, 0.15) is 28.8 Å². The fraction of sp³-hybridized carbons (Fsp3) is 0.200. The van der Waals surface area contributed by atoms with Crippen molar-refractivity contribution in [2.45, 2.75) is 13.3 Å². The number of amidine groups is 1. The van der Waals surface area contributed by atoms with Gasteiger partial charge in [-0.3, -0.25) is 10.4 Å². The highest BCUT2D eigenvalue weighted by Crippen LogP contribution is 2.24. The Bertz CT molecular complexity index is 582. The summed E-state index contributed by atoms with van der Waals surface area (Å²) in [4.78, 5) is 3.98. The van der Waals surface area contributed by atoms with E-state index in [2.05, 4.69) is 11.9 Å². The minimum atomic E-state index is -0.0845. The van der Waals surface area contributed by atoms with Crippen LogP contribution in [0.3, 0.4) is 0 Å². The zero-order valence-electron chi connectivity index (χ0n) is 11.3. The van der Waals surface area contributed by atoms with E-state index in [1.807, 2.05) is 24.3 Å². The van der Waals surface area contributed by atoms with Crippen LogP contribution in [0.15, 0.2) is 42.6 Å². The van der Waals surface area contributed by atoms with Gasteiger partial charge in [-0.05, 0) is 36.8 Å². The zero-order chi connectivity index (χ0) is 14.4. The molecule has 0 saturated carbocycles. The Kier molecular flexibility index (Phi) is 4.55. The Morgan fingerprint density at radius 2 is 1.85 bits per heavy atom. The maximum atomic E-state index is 7.35.